The zero-order valence-electron chi connectivity index (χ0n) is 19.1. The van der Waals surface area contributed by atoms with Crippen molar-refractivity contribution in [2.45, 2.75) is 24.6 Å². The molecule has 194 valence electrons. The summed E-state index contributed by atoms with van der Waals surface area (Å²) in [6.07, 6.45) is -6.66. The smallest absolute Gasteiger partial charge is 0.449 e. The molecule has 0 aliphatic carbocycles. The van der Waals surface area contributed by atoms with Crippen LogP contribution >= 0.6 is 23.2 Å². The molecule has 2 N–H and O–H groups in total. The molecule has 0 bridgehead atoms. The number of carboxylic acid groups (broad SMARTS) is 1. The Morgan fingerprint density at radius 1 is 1.03 bits per heavy atom. The van der Waals surface area contributed by atoms with E-state index in [0.717, 1.165) is 16.7 Å². The highest BCUT2D eigenvalue weighted by Crippen LogP contribution is 2.50. The van der Waals surface area contributed by atoms with Crippen LogP contribution in [0.25, 0.3) is 22.2 Å². The van der Waals surface area contributed by atoms with Crippen molar-refractivity contribution in [2.24, 2.45) is 7.05 Å². The number of fused-ring (bicyclic) bond motifs is 1. The van der Waals surface area contributed by atoms with Gasteiger partial charge >= 0.3 is 18.1 Å². The molecule has 12 heteroatoms. The highest BCUT2D eigenvalue weighted by atomic mass is 35.5. The van der Waals surface area contributed by atoms with E-state index in [9.17, 15) is 27.9 Å². The maximum atomic E-state index is 14.4. The molecule has 7 nitrogen and oxygen atoms in total. The lowest BCUT2D eigenvalue weighted by atomic mass is 9.77. The number of carbonyl (C=O) groups is 1. The number of rotatable bonds is 5. The molecule has 0 radical (unpaired) electrons. The predicted molar refractivity (Wildman–Crippen MR) is 130 cm³/mol. The number of aromatic nitrogens is 1. The largest absolute Gasteiger partial charge is 0.511 e. The van der Waals surface area contributed by atoms with Crippen molar-refractivity contribution in [2.75, 3.05) is 0 Å². The van der Waals surface area contributed by atoms with Gasteiger partial charge in [0.25, 0.3) is 0 Å². The van der Waals surface area contributed by atoms with Gasteiger partial charge in [0, 0.05) is 18.0 Å². The Bertz CT molecular complexity index is 1580. The predicted octanol–water partition coefficient (Wildman–Crippen LogP) is 6.72. The molecule has 4 aromatic rings. The number of benzene rings is 3. The van der Waals surface area contributed by atoms with Crippen LogP contribution in [0.2, 0.25) is 10.0 Å². The zero-order chi connectivity index (χ0) is 27.3. The highest BCUT2D eigenvalue weighted by molar-refractivity contribution is 6.32. The van der Waals surface area contributed by atoms with Gasteiger partial charge in [-0.15, -0.1) is 0 Å². The van der Waals surface area contributed by atoms with Gasteiger partial charge in [-0.25, -0.2) is 9.59 Å². The van der Waals surface area contributed by atoms with Crippen LogP contribution < -0.4 is 10.5 Å². The summed E-state index contributed by atoms with van der Waals surface area (Å²) >= 11 is 12.5. The first-order chi connectivity index (χ1) is 17.2. The average Bonchev–Trinajstić information content (AvgIpc) is 3.11. The molecule has 3 aromatic carbocycles. The van der Waals surface area contributed by atoms with Crippen LogP contribution in [0.3, 0.4) is 0 Å². The van der Waals surface area contributed by atoms with E-state index in [-0.39, 0.29) is 32.5 Å². The van der Waals surface area contributed by atoms with Gasteiger partial charge in [0.05, 0.1) is 10.5 Å². The summed E-state index contributed by atoms with van der Waals surface area (Å²) in [5, 5.41) is 19.8. The molecule has 2 atom stereocenters. The number of hydrogen-bond donors (Lipinski definition) is 2. The second-order valence-corrected chi connectivity index (χ2v) is 9.16. The quantitative estimate of drug-likeness (QED) is 0.209. The summed E-state index contributed by atoms with van der Waals surface area (Å²) < 4.78 is 53.9. The maximum absolute atomic E-state index is 14.4. The van der Waals surface area contributed by atoms with Crippen LogP contribution in [0.15, 0.2) is 63.8 Å². The van der Waals surface area contributed by atoms with E-state index in [1.165, 1.54) is 56.4 Å². The van der Waals surface area contributed by atoms with E-state index in [1.54, 1.807) is 0 Å². The summed E-state index contributed by atoms with van der Waals surface area (Å²) in [6.45, 7) is 1.19. The lowest BCUT2D eigenvalue weighted by molar-refractivity contribution is -0.274. The first kappa shape index (κ1) is 26.6. The molecule has 0 amide bonds. The summed E-state index contributed by atoms with van der Waals surface area (Å²) in [6, 6.07) is 11.9. The van der Waals surface area contributed by atoms with Crippen LogP contribution in [0, 0.1) is 0 Å². The second-order valence-electron chi connectivity index (χ2n) is 8.34. The van der Waals surface area contributed by atoms with Gasteiger partial charge in [-0.3, -0.25) is 4.57 Å². The van der Waals surface area contributed by atoms with E-state index in [0.29, 0.717) is 11.1 Å². The Balaban J connectivity index is 1.75. The average molecular weight is 556 g/mol. The number of alkyl halides is 3. The molecular weight excluding hydrogens is 538 g/mol. The molecule has 0 saturated carbocycles. The first-order valence-corrected chi connectivity index (χ1v) is 11.4. The fraction of sp³-hybridized carbons (Fsp3) is 0.200. The number of halogens is 5. The van der Waals surface area contributed by atoms with Crippen molar-refractivity contribution in [1.82, 2.24) is 4.57 Å². The minimum atomic E-state index is -5.12. The molecule has 0 aliphatic heterocycles. The Kier molecular flexibility index (Phi) is 6.78. The van der Waals surface area contributed by atoms with Crippen molar-refractivity contribution in [1.29, 1.82) is 0 Å². The third kappa shape index (κ3) is 4.68. The second kappa shape index (κ2) is 9.44. The number of nitrogens with zero attached hydrogens (tertiary/aromatic N) is 1. The molecule has 4 rings (SSSR count). The SMILES string of the molecule is CC(c1ccc(-c2ccc(OC(=O)O)c(Cl)c2)cc1Cl)C(O)(c1ccc2c(c1)oc(=O)n2C)C(F)(F)F. The van der Waals surface area contributed by atoms with Gasteiger partial charge in [-0.2, -0.15) is 13.2 Å². The third-order valence-electron chi connectivity index (χ3n) is 6.22. The number of aliphatic hydroxyl groups is 1. The van der Waals surface area contributed by atoms with E-state index in [4.69, 9.17) is 32.7 Å². The number of oxazole rings is 1. The minimum absolute atomic E-state index is 0.00266. The fourth-order valence-corrected chi connectivity index (χ4v) is 4.73. The summed E-state index contributed by atoms with van der Waals surface area (Å²) in [5.41, 5.74) is -2.74. The van der Waals surface area contributed by atoms with Gasteiger partial charge in [0.15, 0.2) is 16.9 Å². The highest BCUT2D eigenvalue weighted by Gasteiger charge is 2.59. The summed E-state index contributed by atoms with van der Waals surface area (Å²) in [5.74, 6) is -2.41. The van der Waals surface area contributed by atoms with Gasteiger partial charge in [-0.05, 0) is 52.6 Å². The van der Waals surface area contributed by atoms with E-state index in [1.807, 2.05) is 0 Å². The first-order valence-electron chi connectivity index (χ1n) is 10.6. The van der Waals surface area contributed by atoms with Crippen molar-refractivity contribution in [3.63, 3.8) is 0 Å². The monoisotopic (exact) mass is 555 g/mol. The standard InChI is InChI=1S/C25H18Cl2F3NO6/c1-12(24(35,25(28,29)30)15-5-7-19-21(11-15)36-22(32)31(19)2)16-6-3-13(9-17(16)26)14-4-8-20(18(27)10-14)37-23(33)34/h3-12,35H,1-2H3,(H,33,34). The Hall–Kier alpha value is -3.47. The summed E-state index contributed by atoms with van der Waals surface area (Å²) in [4.78, 5) is 22.5. The molecule has 1 aromatic heterocycles. The van der Waals surface area contributed by atoms with Gasteiger partial charge in [0.1, 0.15) is 0 Å². The van der Waals surface area contributed by atoms with Crippen molar-refractivity contribution < 1.29 is 37.3 Å². The number of hydrogen-bond acceptors (Lipinski definition) is 5. The minimum Gasteiger partial charge on any atom is -0.449 e. The molecule has 1 heterocycles. The number of ether oxygens (including phenoxy) is 1. The Morgan fingerprint density at radius 3 is 2.22 bits per heavy atom. The van der Waals surface area contributed by atoms with Crippen LogP contribution in [-0.2, 0) is 12.6 Å². The molecule has 0 aliphatic rings. The fourth-order valence-electron chi connectivity index (χ4n) is 4.17. The third-order valence-corrected chi connectivity index (χ3v) is 6.84. The number of aryl methyl sites for hydroxylation is 1. The lowest BCUT2D eigenvalue weighted by Crippen LogP contribution is -2.46. The normalized spacial score (nSPS) is 14.4. The Morgan fingerprint density at radius 2 is 1.65 bits per heavy atom. The summed E-state index contributed by atoms with van der Waals surface area (Å²) in [7, 11) is 1.41. The van der Waals surface area contributed by atoms with Crippen LogP contribution in [0.5, 0.6) is 5.75 Å². The van der Waals surface area contributed by atoms with E-state index in [2.05, 4.69) is 4.74 Å². The van der Waals surface area contributed by atoms with E-state index < -0.39 is 35.2 Å². The maximum Gasteiger partial charge on any atom is 0.511 e. The van der Waals surface area contributed by atoms with Crippen molar-refractivity contribution in [3.05, 3.63) is 86.3 Å². The molecule has 0 spiro atoms. The van der Waals surface area contributed by atoms with Crippen LogP contribution in [0.4, 0.5) is 18.0 Å². The van der Waals surface area contributed by atoms with Crippen LogP contribution in [-0.4, -0.2) is 27.1 Å². The molecule has 0 saturated heterocycles. The topological polar surface area (TPSA) is 102 Å². The lowest BCUT2D eigenvalue weighted by Gasteiger charge is -2.37. The van der Waals surface area contributed by atoms with Gasteiger partial charge in [0.2, 0.25) is 0 Å². The van der Waals surface area contributed by atoms with Gasteiger partial charge < -0.3 is 19.4 Å². The van der Waals surface area contributed by atoms with E-state index >= 15 is 0 Å². The van der Waals surface area contributed by atoms with Crippen molar-refractivity contribution >= 4 is 40.5 Å². The molecular formula is C25H18Cl2F3NO6. The van der Waals surface area contributed by atoms with Crippen LogP contribution in [0.1, 0.15) is 24.0 Å². The molecule has 0 fully saturated rings. The van der Waals surface area contributed by atoms with Gasteiger partial charge in [-0.1, -0.05) is 54.4 Å². The molecule has 37 heavy (non-hydrogen) atoms. The Labute approximate surface area is 217 Å². The van der Waals surface area contributed by atoms with Crippen molar-refractivity contribution in [3.8, 4) is 16.9 Å². The zero-order valence-corrected chi connectivity index (χ0v) is 20.6. The molecule has 2 unspecified atom stereocenters.